The topological polar surface area (TPSA) is 98.9 Å². The summed E-state index contributed by atoms with van der Waals surface area (Å²) in [5, 5.41) is 0. The fourth-order valence-electron chi connectivity index (χ4n) is 1.53. The molecule has 0 radical (unpaired) electrons. The van der Waals surface area contributed by atoms with Crippen LogP contribution >= 0.6 is 0 Å². The van der Waals surface area contributed by atoms with Gasteiger partial charge in [-0.05, 0) is 20.8 Å². The lowest BCUT2D eigenvalue weighted by Crippen LogP contribution is -2.53. The molecule has 0 spiro atoms. The number of imide groups is 1. The molecule has 0 saturated carbocycles. The molecule has 0 aromatic rings. The number of cyclic esters (lactones) is 1. The molecule has 2 amide bonds. The Morgan fingerprint density at radius 1 is 1.47 bits per heavy atom. The number of methoxy groups -OCH3 is 1. The zero-order chi connectivity index (χ0) is 13.4. The van der Waals surface area contributed by atoms with Crippen LogP contribution in [0.15, 0.2) is 0 Å². The Morgan fingerprint density at radius 3 is 2.35 bits per heavy atom. The van der Waals surface area contributed by atoms with Crippen molar-refractivity contribution in [1.29, 1.82) is 0 Å². The first-order valence-corrected chi connectivity index (χ1v) is 5.12. The first-order chi connectivity index (χ1) is 7.72. The van der Waals surface area contributed by atoms with Crippen LogP contribution < -0.4 is 5.73 Å². The number of nitrogens with zero attached hydrogens (tertiary/aromatic N) is 1. The molecule has 1 fully saturated rings. The van der Waals surface area contributed by atoms with Crippen molar-refractivity contribution in [2.45, 2.75) is 38.5 Å². The Labute approximate surface area is 98.8 Å². The molecule has 0 aromatic heterocycles. The molecule has 0 bridgehead atoms. The molecule has 7 nitrogen and oxygen atoms in total. The van der Waals surface area contributed by atoms with Gasteiger partial charge in [0, 0.05) is 0 Å². The summed E-state index contributed by atoms with van der Waals surface area (Å²) < 4.78 is 9.35. The molecule has 96 valence electrons. The molecule has 2 atom stereocenters. The monoisotopic (exact) mass is 244 g/mol. The molecule has 1 saturated heterocycles. The van der Waals surface area contributed by atoms with Crippen LogP contribution in [0, 0.1) is 0 Å². The van der Waals surface area contributed by atoms with Gasteiger partial charge in [-0.2, -0.15) is 0 Å². The Morgan fingerprint density at radius 2 is 2.00 bits per heavy atom. The van der Waals surface area contributed by atoms with E-state index >= 15 is 0 Å². The lowest BCUT2D eigenvalue weighted by atomic mass is 10.1. The van der Waals surface area contributed by atoms with E-state index in [2.05, 4.69) is 4.74 Å². The molecule has 0 aliphatic carbocycles. The molecule has 1 aliphatic heterocycles. The van der Waals surface area contributed by atoms with E-state index < -0.39 is 35.7 Å². The smallest absolute Gasteiger partial charge is 0.418 e. The van der Waals surface area contributed by atoms with E-state index in [-0.39, 0.29) is 0 Å². The largest absolute Gasteiger partial charge is 0.468 e. The predicted molar refractivity (Wildman–Crippen MR) is 56.9 cm³/mol. The SMILES string of the molecule is COC(=O)[C@H](N)[C@@H](C)N1C(=O)OC(C)(C)C1=O. The Bertz CT molecular complexity index is 366. The number of carbonyl (C=O) groups excluding carboxylic acids is 3. The minimum atomic E-state index is -1.22. The van der Waals surface area contributed by atoms with E-state index in [9.17, 15) is 14.4 Å². The fraction of sp³-hybridized carbons (Fsp3) is 0.700. The van der Waals surface area contributed by atoms with Gasteiger partial charge in [0.2, 0.25) is 0 Å². The average Bonchev–Trinajstić information content (AvgIpc) is 2.45. The second-order valence-corrected chi connectivity index (χ2v) is 4.34. The summed E-state index contributed by atoms with van der Waals surface area (Å²) in [4.78, 5) is 35.5. The minimum absolute atomic E-state index is 0.519. The summed E-state index contributed by atoms with van der Waals surface area (Å²) in [6.45, 7) is 4.44. The van der Waals surface area contributed by atoms with E-state index in [0.29, 0.717) is 0 Å². The van der Waals surface area contributed by atoms with Gasteiger partial charge >= 0.3 is 12.1 Å². The van der Waals surface area contributed by atoms with Gasteiger partial charge < -0.3 is 15.2 Å². The van der Waals surface area contributed by atoms with Crippen LogP contribution in [0.25, 0.3) is 0 Å². The third kappa shape index (κ3) is 2.23. The van der Waals surface area contributed by atoms with Crippen molar-refractivity contribution in [2.24, 2.45) is 5.73 Å². The van der Waals surface area contributed by atoms with Crippen molar-refractivity contribution in [3.8, 4) is 0 Å². The van der Waals surface area contributed by atoms with Crippen LogP contribution in [0.4, 0.5) is 4.79 Å². The lowest BCUT2D eigenvalue weighted by Gasteiger charge is -2.24. The van der Waals surface area contributed by atoms with Crippen molar-refractivity contribution in [2.75, 3.05) is 7.11 Å². The highest BCUT2D eigenvalue weighted by atomic mass is 16.6. The zero-order valence-corrected chi connectivity index (χ0v) is 10.2. The number of rotatable bonds is 3. The number of nitrogens with two attached hydrogens (primary N) is 1. The van der Waals surface area contributed by atoms with Crippen molar-refractivity contribution in [1.82, 2.24) is 4.90 Å². The molecule has 1 rings (SSSR count). The summed E-state index contributed by atoms with van der Waals surface area (Å²) in [5.74, 6) is -1.21. The Balaban J connectivity index is 2.90. The van der Waals surface area contributed by atoms with Gasteiger partial charge in [0.25, 0.3) is 5.91 Å². The van der Waals surface area contributed by atoms with Gasteiger partial charge in [0.05, 0.1) is 13.2 Å². The lowest BCUT2D eigenvalue weighted by molar-refractivity contribution is -0.144. The molecule has 1 heterocycles. The predicted octanol–water partition coefficient (Wildman–Crippen LogP) is -0.367. The molecule has 1 aliphatic rings. The highest BCUT2D eigenvalue weighted by molar-refractivity contribution is 6.03. The molecule has 7 heteroatoms. The normalized spacial score (nSPS) is 22.1. The molecule has 2 N–H and O–H groups in total. The molecular formula is C10H16N2O5. The van der Waals surface area contributed by atoms with E-state index in [1.165, 1.54) is 27.9 Å². The van der Waals surface area contributed by atoms with Crippen LogP contribution in [0.1, 0.15) is 20.8 Å². The second-order valence-electron chi connectivity index (χ2n) is 4.34. The Kier molecular flexibility index (Phi) is 3.42. The number of ether oxygens (including phenoxy) is 2. The van der Waals surface area contributed by atoms with Gasteiger partial charge in [-0.15, -0.1) is 0 Å². The van der Waals surface area contributed by atoms with Gasteiger partial charge in [0.15, 0.2) is 5.60 Å². The number of carbonyl (C=O) groups is 3. The summed E-state index contributed by atoms with van der Waals surface area (Å²) in [6.07, 6.45) is -0.799. The van der Waals surface area contributed by atoms with Crippen LogP contribution in [-0.4, -0.2) is 47.7 Å². The highest BCUT2D eigenvalue weighted by Crippen LogP contribution is 2.26. The van der Waals surface area contributed by atoms with Gasteiger partial charge in [-0.1, -0.05) is 0 Å². The number of amides is 2. The second kappa shape index (κ2) is 4.33. The quantitative estimate of drug-likeness (QED) is 0.680. The van der Waals surface area contributed by atoms with Crippen molar-refractivity contribution in [3.05, 3.63) is 0 Å². The minimum Gasteiger partial charge on any atom is -0.468 e. The summed E-state index contributed by atoms with van der Waals surface area (Å²) in [5.41, 5.74) is 4.37. The number of esters is 1. The first kappa shape index (κ1) is 13.4. The standard InChI is InChI=1S/C10H16N2O5/c1-5(6(11)7(13)16-4)12-8(14)10(2,3)17-9(12)15/h5-6H,11H2,1-4H3/t5-,6-/m1/s1. The van der Waals surface area contributed by atoms with E-state index in [0.717, 1.165) is 4.90 Å². The maximum atomic E-state index is 11.9. The van der Waals surface area contributed by atoms with E-state index in [1.807, 2.05) is 0 Å². The van der Waals surface area contributed by atoms with E-state index in [1.54, 1.807) is 0 Å². The number of hydrogen-bond donors (Lipinski definition) is 1. The fourth-order valence-corrected chi connectivity index (χ4v) is 1.53. The molecule has 17 heavy (non-hydrogen) atoms. The maximum absolute atomic E-state index is 11.9. The summed E-state index contributed by atoms with van der Waals surface area (Å²) in [7, 11) is 1.18. The summed E-state index contributed by atoms with van der Waals surface area (Å²) >= 11 is 0. The van der Waals surface area contributed by atoms with Crippen molar-refractivity contribution >= 4 is 18.0 Å². The Hall–Kier alpha value is -1.63. The highest BCUT2D eigenvalue weighted by Gasteiger charge is 2.50. The van der Waals surface area contributed by atoms with Gasteiger partial charge in [0.1, 0.15) is 6.04 Å². The van der Waals surface area contributed by atoms with Crippen LogP contribution in [0.2, 0.25) is 0 Å². The van der Waals surface area contributed by atoms with Gasteiger partial charge in [-0.25, -0.2) is 9.69 Å². The zero-order valence-electron chi connectivity index (χ0n) is 10.2. The van der Waals surface area contributed by atoms with Crippen LogP contribution in [-0.2, 0) is 19.1 Å². The van der Waals surface area contributed by atoms with E-state index in [4.69, 9.17) is 10.5 Å². The van der Waals surface area contributed by atoms with Crippen molar-refractivity contribution < 1.29 is 23.9 Å². The van der Waals surface area contributed by atoms with Crippen LogP contribution in [0.5, 0.6) is 0 Å². The number of hydrogen-bond acceptors (Lipinski definition) is 6. The first-order valence-electron chi connectivity index (χ1n) is 5.12. The molecular weight excluding hydrogens is 228 g/mol. The van der Waals surface area contributed by atoms with Crippen molar-refractivity contribution in [3.63, 3.8) is 0 Å². The van der Waals surface area contributed by atoms with Gasteiger partial charge in [-0.3, -0.25) is 9.59 Å². The third-order valence-electron chi connectivity index (χ3n) is 2.67. The third-order valence-corrected chi connectivity index (χ3v) is 2.67. The average molecular weight is 244 g/mol. The molecule has 0 aromatic carbocycles. The maximum Gasteiger partial charge on any atom is 0.418 e. The molecule has 0 unspecified atom stereocenters. The van der Waals surface area contributed by atoms with Crippen LogP contribution in [0.3, 0.4) is 0 Å². The summed E-state index contributed by atoms with van der Waals surface area (Å²) in [6, 6.07) is -1.91.